The Kier molecular flexibility index (Phi) is 6.83. The van der Waals surface area contributed by atoms with E-state index in [1.54, 1.807) is 14.2 Å². The molecule has 2 unspecified atom stereocenters. The van der Waals surface area contributed by atoms with Crippen LogP contribution in [0.3, 0.4) is 0 Å². The van der Waals surface area contributed by atoms with Crippen molar-refractivity contribution in [1.82, 2.24) is 4.98 Å². The summed E-state index contributed by atoms with van der Waals surface area (Å²) in [5, 5.41) is 7.13. The van der Waals surface area contributed by atoms with Gasteiger partial charge in [-0.05, 0) is 87.4 Å². The smallest absolute Gasteiger partial charge is 0.119 e. The third-order valence-electron chi connectivity index (χ3n) is 5.29. The maximum Gasteiger partial charge on any atom is 0.119 e. The van der Waals surface area contributed by atoms with Crippen molar-refractivity contribution in [2.75, 3.05) is 24.9 Å². The van der Waals surface area contributed by atoms with E-state index in [0.29, 0.717) is 0 Å². The summed E-state index contributed by atoms with van der Waals surface area (Å²) in [6, 6.07) is 18.4. The lowest BCUT2D eigenvalue weighted by Gasteiger charge is -2.20. The van der Waals surface area contributed by atoms with Crippen LogP contribution >= 0.6 is 0 Å². The average molecular weight is 406 g/mol. The molecule has 0 amide bonds. The van der Waals surface area contributed by atoms with E-state index in [1.807, 2.05) is 36.4 Å². The first-order valence-electron chi connectivity index (χ1n) is 10.2. The molecule has 3 aromatic rings. The summed E-state index contributed by atoms with van der Waals surface area (Å²) in [6.45, 7) is 8.40. The topological polar surface area (TPSA) is 55.4 Å². The molecule has 5 nitrogen and oxygen atoms in total. The van der Waals surface area contributed by atoms with Gasteiger partial charge < -0.3 is 20.1 Å². The van der Waals surface area contributed by atoms with E-state index >= 15 is 0 Å². The molecule has 2 aromatic carbocycles. The molecule has 1 heterocycles. The number of ether oxygens (including phenoxy) is 2. The second-order valence-electron chi connectivity index (χ2n) is 7.58. The third kappa shape index (κ3) is 5.03. The fraction of sp³-hybridized carbons (Fsp3) is 0.320. The van der Waals surface area contributed by atoms with Gasteiger partial charge in [-0.3, -0.25) is 4.98 Å². The largest absolute Gasteiger partial charge is 0.497 e. The first-order valence-corrected chi connectivity index (χ1v) is 10.2. The Morgan fingerprint density at radius 3 is 1.50 bits per heavy atom. The zero-order valence-electron chi connectivity index (χ0n) is 18.6. The fourth-order valence-corrected chi connectivity index (χ4v) is 3.42. The minimum atomic E-state index is 0.0759. The van der Waals surface area contributed by atoms with Crippen LogP contribution in [0.15, 0.2) is 54.6 Å². The summed E-state index contributed by atoms with van der Waals surface area (Å²) < 4.78 is 10.6. The summed E-state index contributed by atoms with van der Waals surface area (Å²) in [4.78, 5) is 4.92. The molecule has 0 fully saturated rings. The number of rotatable bonds is 8. The molecular weight excluding hydrogens is 374 g/mol. The van der Waals surface area contributed by atoms with E-state index < -0.39 is 0 Å². The van der Waals surface area contributed by atoms with Gasteiger partial charge in [-0.2, -0.15) is 0 Å². The quantitative estimate of drug-likeness (QED) is 0.477. The molecule has 0 aliphatic heterocycles. The van der Waals surface area contributed by atoms with Crippen LogP contribution in [0.5, 0.6) is 11.5 Å². The summed E-state index contributed by atoms with van der Waals surface area (Å²) in [7, 11) is 3.37. The molecule has 3 rings (SSSR count). The Balaban J connectivity index is 1.73. The monoisotopic (exact) mass is 405 g/mol. The van der Waals surface area contributed by atoms with Gasteiger partial charge in [-0.25, -0.2) is 0 Å². The van der Waals surface area contributed by atoms with Crippen LogP contribution in [0.2, 0.25) is 0 Å². The number of anilines is 2. The molecule has 0 aliphatic rings. The second-order valence-corrected chi connectivity index (χ2v) is 7.58. The highest BCUT2D eigenvalue weighted by atomic mass is 16.5. The molecule has 2 N–H and O–H groups in total. The maximum absolute atomic E-state index is 5.30. The van der Waals surface area contributed by atoms with Gasteiger partial charge in [0.1, 0.15) is 11.5 Å². The van der Waals surface area contributed by atoms with Crippen molar-refractivity contribution in [3.8, 4) is 11.5 Å². The predicted molar refractivity (Wildman–Crippen MR) is 124 cm³/mol. The van der Waals surface area contributed by atoms with Crippen LogP contribution in [0.4, 0.5) is 11.4 Å². The standard InChI is InChI=1S/C25H31N3O2/c1-16-14-20(29-5)10-12-22(16)26-18(3)24-8-7-9-25(28-24)19(4)27-23-13-11-21(30-6)15-17(23)2/h7-15,18-19,26-27H,1-6H3. The molecule has 0 radical (unpaired) electrons. The number of hydrogen-bond acceptors (Lipinski definition) is 5. The zero-order chi connectivity index (χ0) is 21.7. The van der Waals surface area contributed by atoms with Crippen LogP contribution in [0.1, 0.15) is 48.4 Å². The minimum absolute atomic E-state index is 0.0759. The lowest BCUT2D eigenvalue weighted by atomic mass is 10.1. The van der Waals surface area contributed by atoms with Gasteiger partial charge in [-0.15, -0.1) is 0 Å². The minimum Gasteiger partial charge on any atom is -0.497 e. The van der Waals surface area contributed by atoms with E-state index in [2.05, 4.69) is 56.5 Å². The van der Waals surface area contributed by atoms with Gasteiger partial charge in [0.25, 0.3) is 0 Å². The SMILES string of the molecule is COc1ccc(NC(C)c2cccc(C(C)Nc3ccc(OC)cc3C)n2)c(C)c1. The van der Waals surface area contributed by atoms with Crippen molar-refractivity contribution < 1.29 is 9.47 Å². The molecule has 0 bridgehead atoms. The number of nitrogens with zero attached hydrogens (tertiary/aromatic N) is 1. The van der Waals surface area contributed by atoms with Crippen LogP contribution in [-0.2, 0) is 0 Å². The Labute approximate surface area is 179 Å². The van der Waals surface area contributed by atoms with E-state index in [9.17, 15) is 0 Å². The Morgan fingerprint density at radius 1 is 0.700 bits per heavy atom. The molecular formula is C25H31N3O2. The Hall–Kier alpha value is -3.21. The van der Waals surface area contributed by atoms with Gasteiger partial charge in [0.05, 0.1) is 37.7 Å². The van der Waals surface area contributed by atoms with Gasteiger partial charge in [0.2, 0.25) is 0 Å². The first-order chi connectivity index (χ1) is 14.4. The van der Waals surface area contributed by atoms with E-state index in [4.69, 9.17) is 14.5 Å². The van der Waals surface area contributed by atoms with Crippen molar-refractivity contribution in [3.63, 3.8) is 0 Å². The van der Waals surface area contributed by atoms with Crippen LogP contribution in [-0.4, -0.2) is 19.2 Å². The maximum atomic E-state index is 5.30. The van der Waals surface area contributed by atoms with Gasteiger partial charge in [0.15, 0.2) is 0 Å². The predicted octanol–water partition coefficient (Wildman–Crippen LogP) is 6.06. The molecule has 1 aromatic heterocycles. The van der Waals surface area contributed by atoms with Crippen molar-refractivity contribution in [1.29, 1.82) is 0 Å². The molecule has 0 saturated carbocycles. The molecule has 30 heavy (non-hydrogen) atoms. The van der Waals surface area contributed by atoms with Crippen molar-refractivity contribution in [2.24, 2.45) is 0 Å². The van der Waals surface area contributed by atoms with Crippen molar-refractivity contribution in [2.45, 2.75) is 39.8 Å². The summed E-state index contributed by atoms with van der Waals surface area (Å²) >= 11 is 0. The van der Waals surface area contributed by atoms with Crippen LogP contribution in [0, 0.1) is 13.8 Å². The van der Waals surface area contributed by atoms with E-state index in [-0.39, 0.29) is 12.1 Å². The molecule has 2 atom stereocenters. The Bertz CT molecular complexity index is 927. The molecule has 158 valence electrons. The normalized spacial score (nSPS) is 12.7. The number of nitrogens with one attached hydrogen (secondary N) is 2. The number of benzene rings is 2. The number of hydrogen-bond donors (Lipinski definition) is 2. The molecule has 0 saturated heterocycles. The summed E-state index contributed by atoms with van der Waals surface area (Å²) in [6.07, 6.45) is 0. The van der Waals surface area contributed by atoms with Crippen LogP contribution in [0.25, 0.3) is 0 Å². The zero-order valence-corrected chi connectivity index (χ0v) is 18.6. The second kappa shape index (κ2) is 9.53. The number of pyridine rings is 1. The van der Waals surface area contributed by atoms with Crippen molar-refractivity contribution in [3.05, 3.63) is 77.1 Å². The summed E-state index contributed by atoms with van der Waals surface area (Å²) in [5.41, 5.74) is 6.45. The fourth-order valence-electron chi connectivity index (χ4n) is 3.42. The highest BCUT2D eigenvalue weighted by Crippen LogP contribution is 2.27. The molecule has 5 heteroatoms. The van der Waals surface area contributed by atoms with Crippen molar-refractivity contribution >= 4 is 11.4 Å². The van der Waals surface area contributed by atoms with Crippen LogP contribution < -0.4 is 20.1 Å². The molecule has 0 spiro atoms. The number of methoxy groups -OCH3 is 2. The number of aryl methyl sites for hydroxylation is 2. The number of aromatic nitrogens is 1. The van der Waals surface area contributed by atoms with Gasteiger partial charge >= 0.3 is 0 Å². The third-order valence-corrected chi connectivity index (χ3v) is 5.29. The van der Waals surface area contributed by atoms with E-state index in [1.165, 1.54) is 0 Å². The molecule has 0 aliphatic carbocycles. The van der Waals surface area contributed by atoms with Gasteiger partial charge in [-0.1, -0.05) is 6.07 Å². The van der Waals surface area contributed by atoms with E-state index in [0.717, 1.165) is 45.4 Å². The highest BCUT2D eigenvalue weighted by molar-refractivity contribution is 5.55. The Morgan fingerprint density at radius 2 is 1.13 bits per heavy atom. The highest BCUT2D eigenvalue weighted by Gasteiger charge is 2.13. The first kappa shape index (κ1) is 21.5. The van der Waals surface area contributed by atoms with Gasteiger partial charge in [0, 0.05) is 11.4 Å². The lowest BCUT2D eigenvalue weighted by molar-refractivity contribution is 0.414. The average Bonchev–Trinajstić information content (AvgIpc) is 2.76. The lowest BCUT2D eigenvalue weighted by Crippen LogP contribution is -2.14. The summed E-state index contributed by atoms with van der Waals surface area (Å²) in [5.74, 6) is 1.72.